The van der Waals surface area contributed by atoms with Gasteiger partial charge in [0.15, 0.2) is 5.96 Å². The van der Waals surface area contributed by atoms with Crippen LogP contribution in [0.4, 0.5) is 0 Å². The maximum absolute atomic E-state index is 12.0. The summed E-state index contributed by atoms with van der Waals surface area (Å²) < 4.78 is 32.3. The zero-order valence-electron chi connectivity index (χ0n) is 13.5. The second kappa shape index (κ2) is 8.62. The fraction of sp³-hybridized carbons (Fsp3) is 0.643. The Morgan fingerprint density at radius 3 is 2.96 bits per heavy atom. The van der Waals surface area contributed by atoms with Crippen LogP contribution in [0.25, 0.3) is 0 Å². The number of ether oxygens (including phenoxy) is 1. The summed E-state index contributed by atoms with van der Waals surface area (Å²) in [5, 5.41) is 4.92. The van der Waals surface area contributed by atoms with Gasteiger partial charge in [-0.05, 0) is 17.9 Å². The van der Waals surface area contributed by atoms with E-state index in [1.54, 1.807) is 24.6 Å². The van der Waals surface area contributed by atoms with E-state index in [2.05, 4.69) is 15.0 Å². The van der Waals surface area contributed by atoms with Crippen molar-refractivity contribution in [3.63, 3.8) is 0 Å². The van der Waals surface area contributed by atoms with Crippen molar-refractivity contribution < 1.29 is 13.2 Å². The molecule has 1 atom stereocenters. The summed E-state index contributed by atoms with van der Waals surface area (Å²) in [7, 11) is 0.296. The van der Waals surface area contributed by atoms with Crippen molar-refractivity contribution in [1.29, 1.82) is 0 Å². The molecule has 130 valence electrons. The summed E-state index contributed by atoms with van der Waals surface area (Å²) in [4.78, 5) is 6.28. The van der Waals surface area contributed by atoms with Crippen molar-refractivity contribution in [3.8, 4) is 0 Å². The van der Waals surface area contributed by atoms with E-state index in [0.29, 0.717) is 23.2 Å². The molecule has 0 spiro atoms. The lowest BCUT2D eigenvalue weighted by molar-refractivity contribution is 0.181. The second-order valence-electron chi connectivity index (χ2n) is 5.41. The zero-order chi connectivity index (χ0) is 16.7. The topological polar surface area (TPSA) is 83.0 Å². The summed E-state index contributed by atoms with van der Waals surface area (Å²) in [6.45, 7) is 3.28. The number of nitrogens with zero attached hydrogens (tertiary/aromatic N) is 2. The summed E-state index contributed by atoms with van der Waals surface area (Å²) in [5.41, 5.74) is 0. The number of guanidine groups is 1. The van der Waals surface area contributed by atoms with Gasteiger partial charge in [0.1, 0.15) is 4.21 Å². The summed E-state index contributed by atoms with van der Waals surface area (Å²) in [5.74, 6) is 1.28. The third kappa shape index (κ3) is 5.45. The number of thiophene rings is 1. The van der Waals surface area contributed by atoms with Gasteiger partial charge in [-0.15, -0.1) is 11.3 Å². The summed E-state index contributed by atoms with van der Waals surface area (Å²) in [6, 6.07) is 3.32. The van der Waals surface area contributed by atoms with Crippen LogP contribution < -0.4 is 10.0 Å². The minimum Gasteiger partial charge on any atom is -0.381 e. The van der Waals surface area contributed by atoms with Gasteiger partial charge in [0.05, 0.1) is 6.61 Å². The average molecular weight is 361 g/mol. The highest BCUT2D eigenvalue weighted by Gasteiger charge is 2.19. The van der Waals surface area contributed by atoms with Crippen LogP contribution in [0.5, 0.6) is 0 Å². The molecule has 1 fully saturated rings. The molecule has 0 aromatic carbocycles. The van der Waals surface area contributed by atoms with Gasteiger partial charge in [0.25, 0.3) is 0 Å². The lowest BCUT2D eigenvalue weighted by Gasteiger charge is -2.24. The molecular weight excluding hydrogens is 336 g/mol. The molecule has 23 heavy (non-hydrogen) atoms. The monoisotopic (exact) mass is 360 g/mol. The van der Waals surface area contributed by atoms with Crippen molar-refractivity contribution in [1.82, 2.24) is 14.9 Å². The number of nitrogens with one attached hydrogen (secondary N) is 2. The molecular formula is C14H24N4O3S2. The Balaban J connectivity index is 1.73. The number of hydrogen-bond donors (Lipinski definition) is 2. The SMILES string of the molecule is CN=C(NCCNS(=O)(=O)c1cccs1)N(C)CC1CCOC1. The Bertz CT molecular complexity index is 596. The van der Waals surface area contributed by atoms with Crippen LogP contribution >= 0.6 is 11.3 Å². The van der Waals surface area contributed by atoms with Gasteiger partial charge in [-0.1, -0.05) is 6.07 Å². The van der Waals surface area contributed by atoms with Crippen LogP contribution in [0.3, 0.4) is 0 Å². The standard InChI is InChI=1S/C14H24N4O3S2/c1-15-14(18(2)10-12-5-8-21-11-12)16-6-7-17-23(19,20)13-4-3-9-22-13/h3-4,9,12,17H,5-8,10-11H2,1-2H3,(H,15,16). The number of sulfonamides is 1. The zero-order valence-corrected chi connectivity index (χ0v) is 15.1. The summed E-state index contributed by atoms with van der Waals surface area (Å²) >= 11 is 1.21. The van der Waals surface area contributed by atoms with Crippen molar-refractivity contribution in [2.24, 2.45) is 10.9 Å². The Labute approximate surface area is 141 Å². The maximum Gasteiger partial charge on any atom is 0.250 e. The molecule has 2 rings (SSSR count). The largest absolute Gasteiger partial charge is 0.381 e. The van der Waals surface area contributed by atoms with Gasteiger partial charge in [-0.2, -0.15) is 0 Å². The van der Waals surface area contributed by atoms with E-state index in [1.165, 1.54) is 11.3 Å². The first-order chi connectivity index (χ1) is 11.0. The Kier molecular flexibility index (Phi) is 6.82. The molecule has 0 aliphatic carbocycles. The first-order valence-corrected chi connectivity index (χ1v) is 9.92. The summed E-state index contributed by atoms with van der Waals surface area (Å²) in [6.07, 6.45) is 1.07. The molecule has 0 amide bonds. The number of rotatable bonds is 7. The van der Waals surface area contributed by atoms with E-state index < -0.39 is 10.0 Å². The number of aliphatic imine (C=N–C) groups is 1. The fourth-order valence-electron chi connectivity index (χ4n) is 2.43. The minimum absolute atomic E-state index is 0.305. The second-order valence-corrected chi connectivity index (χ2v) is 8.36. The molecule has 2 N–H and O–H groups in total. The highest BCUT2D eigenvalue weighted by Crippen LogP contribution is 2.15. The van der Waals surface area contributed by atoms with Crippen molar-refractivity contribution in [2.75, 3.05) is 46.9 Å². The van der Waals surface area contributed by atoms with E-state index in [0.717, 1.165) is 32.1 Å². The third-order valence-electron chi connectivity index (χ3n) is 3.59. The third-order valence-corrected chi connectivity index (χ3v) is 6.45. The van der Waals surface area contributed by atoms with E-state index in [1.807, 2.05) is 11.9 Å². The Morgan fingerprint density at radius 1 is 1.52 bits per heavy atom. The van der Waals surface area contributed by atoms with Gasteiger partial charge in [0.2, 0.25) is 10.0 Å². The molecule has 1 aromatic heterocycles. The fourth-order valence-corrected chi connectivity index (χ4v) is 4.50. The van der Waals surface area contributed by atoms with Gasteiger partial charge in [-0.3, -0.25) is 4.99 Å². The van der Waals surface area contributed by atoms with Crippen LogP contribution in [0.15, 0.2) is 26.7 Å². The van der Waals surface area contributed by atoms with Gasteiger partial charge >= 0.3 is 0 Å². The van der Waals surface area contributed by atoms with Crippen molar-refractivity contribution in [2.45, 2.75) is 10.6 Å². The van der Waals surface area contributed by atoms with E-state index in [9.17, 15) is 8.42 Å². The minimum atomic E-state index is -3.40. The molecule has 1 saturated heterocycles. The van der Waals surface area contributed by atoms with Crippen LogP contribution in [-0.4, -0.2) is 66.2 Å². The molecule has 1 aliphatic rings. The lowest BCUT2D eigenvalue weighted by Crippen LogP contribution is -2.44. The van der Waals surface area contributed by atoms with Crippen LogP contribution in [0.1, 0.15) is 6.42 Å². The molecule has 1 unspecified atom stereocenters. The molecule has 9 heteroatoms. The highest BCUT2D eigenvalue weighted by molar-refractivity contribution is 7.91. The van der Waals surface area contributed by atoms with Crippen molar-refractivity contribution in [3.05, 3.63) is 17.5 Å². The van der Waals surface area contributed by atoms with Gasteiger partial charge < -0.3 is 15.0 Å². The predicted molar refractivity (Wildman–Crippen MR) is 92.4 cm³/mol. The maximum atomic E-state index is 12.0. The van der Waals surface area contributed by atoms with E-state index in [4.69, 9.17) is 4.74 Å². The van der Waals surface area contributed by atoms with E-state index >= 15 is 0 Å². The van der Waals surface area contributed by atoms with Crippen LogP contribution in [-0.2, 0) is 14.8 Å². The molecule has 7 nitrogen and oxygen atoms in total. The average Bonchev–Trinajstić information content (AvgIpc) is 3.20. The van der Waals surface area contributed by atoms with Crippen LogP contribution in [0, 0.1) is 5.92 Å². The van der Waals surface area contributed by atoms with Gasteiger partial charge in [-0.25, -0.2) is 13.1 Å². The molecule has 1 aromatic rings. The first kappa shape index (κ1) is 18.2. The number of hydrogen-bond acceptors (Lipinski definition) is 5. The highest BCUT2D eigenvalue weighted by atomic mass is 32.2. The molecule has 0 bridgehead atoms. The van der Waals surface area contributed by atoms with Crippen molar-refractivity contribution >= 4 is 27.3 Å². The van der Waals surface area contributed by atoms with Crippen LogP contribution in [0.2, 0.25) is 0 Å². The Hall–Kier alpha value is -1.16. The van der Waals surface area contributed by atoms with Gasteiger partial charge in [0, 0.05) is 46.3 Å². The Morgan fingerprint density at radius 2 is 2.35 bits per heavy atom. The molecule has 0 radical (unpaired) electrons. The normalized spacial score (nSPS) is 19.0. The smallest absolute Gasteiger partial charge is 0.250 e. The predicted octanol–water partition coefficient (Wildman–Crippen LogP) is 0.570. The van der Waals surface area contributed by atoms with E-state index in [-0.39, 0.29) is 0 Å². The molecule has 0 saturated carbocycles. The first-order valence-electron chi connectivity index (χ1n) is 7.55. The lowest BCUT2D eigenvalue weighted by atomic mass is 10.1. The molecule has 1 aliphatic heterocycles. The molecule has 2 heterocycles. The quantitative estimate of drug-likeness (QED) is 0.422.